The first-order chi connectivity index (χ1) is 3.18. The summed E-state index contributed by atoms with van der Waals surface area (Å²) in [6.07, 6.45) is 0. The van der Waals surface area contributed by atoms with E-state index >= 15 is 0 Å². The van der Waals surface area contributed by atoms with E-state index < -0.39 is 0 Å². The summed E-state index contributed by atoms with van der Waals surface area (Å²) in [6.45, 7) is 10.0. The maximum absolute atomic E-state index is 2.56. The first-order valence-electron chi connectivity index (χ1n) is 3.18. The SMILES string of the molecule is C[SiH2][SiH](C)[SiH](C)C. The Morgan fingerprint density at radius 2 is 1.57 bits per heavy atom. The van der Waals surface area contributed by atoms with E-state index in [2.05, 4.69) is 26.2 Å². The fourth-order valence-corrected chi connectivity index (χ4v) is 12.7. The van der Waals surface area contributed by atoms with E-state index in [9.17, 15) is 0 Å². The molecule has 0 aliphatic rings. The second kappa shape index (κ2) is 3.63. The van der Waals surface area contributed by atoms with Crippen LogP contribution >= 0.6 is 0 Å². The van der Waals surface area contributed by atoms with E-state index in [1.165, 1.54) is 0 Å². The van der Waals surface area contributed by atoms with Crippen LogP contribution in [-0.2, 0) is 0 Å². The first-order valence-corrected chi connectivity index (χ1v) is 14.0. The van der Waals surface area contributed by atoms with E-state index in [4.69, 9.17) is 0 Å². The minimum absolute atomic E-state index is 0.0231. The van der Waals surface area contributed by atoms with Crippen LogP contribution in [0.2, 0.25) is 26.2 Å². The molecule has 0 saturated heterocycles. The molecule has 7 heavy (non-hydrogen) atoms. The molecule has 0 N–H and O–H groups in total. The Bertz CT molecular complexity index is 44.2. The zero-order valence-corrected chi connectivity index (χ0v) is 9.59. The predicted octanol–water partition coefficient (Wildman–Crippen LogP) is 0.122. The molecular formula is C4H16Si3. The lowest BCUT2D eigenvalue weighted by atomic mass is 11.9. The van der Waals surface area contributed by atoms with Gasteiger partial charge in [-0.25, -0.2) is 0 Å². The monoisotopic (exact) mass is 148 g/mol. The Kier molecular flexibility index (Phi) is 3.97. The molecule has 0 nitrogen and oxygen atoms in total. The maximum Gasteiger partial charge on any atom is 0.0184 e. The van der Waals surface area contributed by atoms with Crippen molar-refractivity contribution in [2.75, 3.05) is 0 Å². The van der Waals surface area contributed by atoms with Gasteiger partial charge in [-0.2, -0.15) is 0 Å². The Labute approximate surface area is 51.9 Å². The molecular weight excluding hydrogens is 132 g/mol. The highest BCUT2D eigenvalue weighted by molar-refractivity contribution is 7.44. The highest BCUT2D eigenvalue weighted by atomic mass is 29.6. The fraction of sp³-hybridized carbons (Fsp3) is 1.00. The largest absolute Gasteiger partial charge is 0.0771 e. The molecule has 0 aliphatic heterocycles. The van der Waals surface area contributed by atoms with Crippen LogP contribution in [0.15, 0.2) is 0 Å². The van der Waals surface area contributed by atoms with E-state index in [0.717, 1.165) is 0 Å². The zero-order valence-electron chi connectivity index (χ0n) is 5.86. The Hall–Kier alpha value is 0.651. The van der Waals surface area contributed by atoms with Crippen LogP contribution in [0.5, 0.6) is 0 Å². The van der Waals surface area contributed by atoms with Crippen molar-refractivity contribution >= 4 is 25.2 Å². The normalized spacial score (nSPS) is 16.7. The lowest BCUT2D eigenvalue weighted by Crippen LogP contribution is -2.31. The summed E-state index contributed by atoms with van der Waals surface area (Å²) < 4.78 is 0. The lowest BCUT2D eigenvalue weighted by molar-refractivity contribution is 2.05. The van der Waals surface area contributed by atoms with Gasteiger partial charge in [0.05, 0.1) is 0 Å². The van der Waals surface area contributed by atoms with E-state index in [1.54, 1.807) is 0 Å². The van der Waals surface area contributed by atoms with Gasteiger partial charge in [0.2, 0.25) is 0 Å². The third-order valence-corrected chi connectivity index (χ3v) is 28.8. The van der Waals surface area contributed by atoms with Crippen LogP contribution in [0.4, 0.5) is 0 Å². The molecule has 0 fully saturated rings. The highest BCUT2D eigenvalue weighted by Crippen LogP contribution is 1.85. The summed E-state index contributed by atoms with van der Waals surface area (Å²) in [6, 6.07) is 0. The quantitative estimate of drug-likeness (QED) is 0.488. The summed E-state index contributed by atoms with van der Waals surface area (Å²) in [5.41, 5.74) is 0. The van der Waals surface area contributed by atoms with Crippen LogP contribution in [0.25, 0.3) is 0 Å². The van der Waals surface area contributed by atoms with Gasteiger partial charge in [-0.3, -0.25) is 0 Å². The zero-order chi connectivity index (χ0) is 5.86. The van der Waals surface area contributed by atoms with Crippen molar-refractivity contribution in [2.24, 2.45) is 0 Å². The second-order valence-corrected chi connectivity index (χ2v) is 24.4. The van der Waals surface area contributed by atoms with Crippen molar-refractivity contribution in [3.05, 3.63) is 0 Å². The van der Waals surface area contributed by atoms with Crippen molar-refractivity contribution in [3.8, 4) is 0 Å². The summed E-state index contributed by atoms with van der Waals surface area (Å²) >= 11 is 0. The summed E-state index contributed by atoms with van der Waals surface area (Å²) in [5.74, 6) is 0. The van der Waals surface area contributed by atoms with Crippen molar-refractivity contribution in [2.45, 2.75) is 26.2 Å². The smallest absolute Gasteiger partial charge is 0.0184 e. The van der Waals surface area contributed by atoms with Crippen molar-refractivity contribution in [3.63, 3.8) is 0 Å². The lowest BCUT2D eigenvalue weighted by Gasteiger charge is -2.06. The standard InChI is InChI=1S/C4H16Si3/c1-5-7(4)6(2)3/h6-7H,5H2,1-4H3. The number of hydrogen-bond donors (Lipinski definition) is 0. The van der Waals surface area contributed by atoms with E-state index in [1.807, 2.05) is 0 Å². The average molecular weight is 148 g/mol. The van der Waals surface area contributed by atoms with Crippen LogP contribution in [0.3, 0.4) is 0 Å². The number of hydrogen-bond acceptors (Lipinski definition) is 0. The van der Waals surface area contributed by atoms with Gasteiger partial charge in [-0.05, 0) is 0 Å². The molecule has 44 valence electrons. The van der Waals surface area contributed by atoms with Crippen LogP contribution in [-0.4, -0.2) is 25.2 Å². The van der Waals surface area contributed by atoms with E-state index in [0.29, 0.717) is 9.04 Å². The molecule has 0 rings (SSSR count). The Morgan fingerprint density at radius 1 is 1.14 bits per heavy atom. The molecule has 3 heteroatoms. The van der Waals surface area contributed by atoms with Crippen LogP contribution in [0, 0.1) is 0 Å². The topological polar surface area (TPSA) is 0 Å². The minimum Gasteiger partial charge on any atom is -0.0771 e. The minimum atomic E-state index is -0.0640. The molecule has 0 heterocycles. The molecule has 0 aliphatic carbocycles. The summed E-state index contributed by atoms with van der Waals surface area (Å²) in [5, 5.41) is 0. The van der Waals surface area contributed by atoms with Gasteiger partial charge in [0, 0.05) is 25.2 Å². The molecule has 1 atom stereocenters. The predicted molar refractivity (Wildman–Crippen MR) is 46.3 cm³/mol. The van der Waals surface area contributed by atoms with Gasteiger partial charge in [-0.15, -0.1) is 0 Å². The van der Waals surface area contributed by atoms with Gasteiger partial charge in [0.1, 0.15) is 0 Å². The van der Waals surface area contributed by atoms with Gasteiger partial charge in [-0.1, -0.05) is 26.2 Å². The average Bonchev–Trinajstić information content (AvgIpc) is 1.65. The fourth-order valence-electron chi connectivity index (χ4n) is 0.471. The molecule has 0 amide bonds. The van der Waals surface area contributed by atoms with Crippen molar-refractivity contribution < 1.29 is 0 Å². The van der Waals surface area contributed by atoms with Crippen molar-refractivity contribution in [1.29, 1.82) is 0 Å². The first kappa shape index (κ1) is 7.65. The molecule has 0 aromatic heterocycles. The highest BCUT2D eigenvalue weighted by Gasteiger charge is 2.05. The van der Waals surface area contributed by atoms with Crippen LogP contribution < -0.4 is 0 Å². The maximum atomic E-state index is 2.56. The summed E-state index contributed by atoms with van der Waals surface area (Å²) in [7, 11) is 0.451. The van der Waals surface area contributed by atoms with Gasteiger partial charge in [0.15, 0.2) is 0 Å². The molecule has 0 radical (unpaired) electrons. The van der Waals surface area contributed by atoms with Gasteiger partial charge in [0.25, 0.3) is 0 Å². The number of rotatable bonds is 2. The Morgan fingerprint density at radius 3 is 1.57 bits per heavy atom. The molecule has 0 spiro atoms. The van der Waals surface area contributed by atoms with Gasteiger partial charge < -0.3 is 0 Å². The molecule has 0 saturated carbocycles. The Balaban J connectivity index is 3.14. The molecule has 0 aromatic rings. The second-order valence-electron chi connectivity index (χ2n) is 2.63. The summed E-state index contributed by atoms with van der Waals surface area (Å²) in [4.78, 5) is 0. The molecule has 0 bridgehead atoms. The van der Waals surface area contributed by atoms with Gasteiger partial charge >= 0.3 is 0 Å². The third-order valence-electron chi connectivity index (χ3n) is 1.78. The van der Waals surface area contributed by atoms with Crippen LogP contribution in [0.1, 0.15) is 0 Å². The molecule has 1 unspecified atom stereocenters. The van der Waals surface area contributed by atoms with Crippen molar-refractivity contribution in [1.82, 2.24) is 0 Å². The van der Waals surface area contributed by atoms with E-state index in [-0.39, 0.29) is 16.1 Å². The third kappa shape index (κ3) is 3.25. The molecule has 0 aromatic carbocycles.